The molecule has 1 aromatic heterocycles. The Kier molecular flexibility index (Phi) is 5.73. The van der Waals surface area contributed by atoms with E-state index in [0.717, 1.165) is 36.4 Å². The molecule has 3 atom stereocenters. The van der Waals surface area contributed by atoms with Crippen molar-refractivity contribution in [3.8, 4) is 11.5 Å². The summed E-state index contributed by atoms with van der Waals surface area (Å²) in [5.41, 5.74) is 1.23. The number of thiophene rings is 1. The fraction of sp³-hybridized carbons (Fsp3) is 0.478. The van der Waals surface area contributed by atoms with E-state index in [0.29, 0.717) is 23.0 Å². The van der Waals surface area contributed by atoms with Crippen LogP contribution in [-0.2, 0) is 4.79 Å². The highest BCUT2D eigenvalue weighted by molar-refractivity contribution is 7.10. The molecule has 3 heterocycles. The van der Waals surface area contributed by atoms with Gasteiger partial charge in [0.2, 0.25) is 5.91 Å². The fourth-order valence-corrected chi connectivity index (χ4v) is 5.62. The normalized spacial score (nSPS) is 23.9. The lowest BCUT2D eigenvalue weighted by atomic mass is 9.80. The standard InChI is InChI=1S/C23H28N2O4S/c1-14-7-5-9-25(13-14)23(27)20-15-11-17(28-3)18(29-4)12-16(15)22(26)24(2)21(20)19-8-6-10-30-19/h6,8,10-12,14,20-21H,5,7,9,13H2,1-4H3/t14-,20-,21+/m0/s1. The van der Waals surface area contributed by atoms with Crippen LogP contribution in [-0.4, -0.2) is 56.0 Å². The molecule has 30 heavy (non-hydrogen) atoms. The lowest BCUT2D eigenvalue weighted by molar-refractivity contribution is -0.136. The maximum atomic E-state index is 13.9. The van der Waals surface area contributed by atoms with E-state index >= 15 is 0 Å². The van der Waals surface area contributed by atoms with Crippen molar-refractivity contribution in [3.05, 3.63) is 45.6 Å². The minimum atomic E-state index is -0.480. The molecule has 1 saturated heterocycles. The third-order valence-corrected chi connectivity index (χ3v) is 7.19. The number of likely N-dealkylation sites (tertiary alicyclic amines) is 1. The van der Waals surface area contributed by atoms with Gasteiger partial charge in [-0.15, -0.1) is 11.3 Å². The summed E-state index contributed by atoms with van der Waals surface area (Å²) >= 11 is 1.58. The Labute approximate surface area is 181 Å². The Morgan fingerprint density at radius 3 is 2.57 bits per heavy atom. The molecule has 1 fully saturated rings. The van der Waals surface area contributed by atoms with E-state index in [-0.39, 0.29) is 17.9 Å². The summed E-state index contributed by atoms with van der Waals surface area (Å²) in [5.74, 6) is 0.990. The van der Waals surface area contributed by atoms with E-state index in [9.17, 15) is 9.59 Å². The van der Waals surface area contributed by atoms with Crippen molar-refractivity contribution in [2.45, 2.75) is 31.7 Å². The molecule has 160 valence electrons. The van der Waals surface area contributed by atoms with Crippen LogP contribution < -0.4 is 9.47 Å². The number of hydrogen-bond acceptors (Lipinski definition) is 5. The first kappa shape index (κ1) is 20.7. The van der Waals surface area contributed by atoms with Crippen LogP contribution in [0.2, 0.25) is 0 Å². The third-order valence-electron chi connectivity index (χ3n) is 6.24. The minimum Gasteiger partial charge on any atom is -0.493 e. The van der Waals surface area contributed by atoms with E-state index in [4.69, 9.17) is 9.47 Å². The molecular formula is C23H28N2O4S. The first-order chi connectivity index (χ1) is 14.5. The van der Waals surface area contributed by atoms with Gasteiger partial charge in [-0.2, -0.15) is 0 Å². The Balaban J connectivity index is 1.87. The molecule has 0 saturated carbocycles. The van der Waals surface area contributed by atoms with Crippen molar-refractivity contribution >= 4 is 23.2 Å². The minimum absolute atomic E-state index is 0.0766. The summed E-state index contributed by atoms with van der Waals surface area (Å²) in [6.07, 6.45) is 2.15. The van der Waals surface area contributed by atoms with Gasteiger partial charge < -0.3 is 19.3 Å². The molecule has 0 aliphatic carbocycles. The van der Waals surface area contributed by atoms with Crippen LogP contribution in [0.3, 0.4) is 0 Å². The van der Waals surface area contributed by atoms with Crippen LogP contribution in [0.15, 0.2) is 29.6 Å². The van der Waals surface area contributed by atoms with Gasteiger partial charge in [-0.1, -0.05) is 13.0 Å². The molecule has 1 aromatic carbocycles. The summed E-state index contributed by atoms with van der Waals surface area (Å²) < 4.78 is 10.9. The monoisotopic (exact) mass is 428 g/mol. The second kappa shape index (κ2) is 8.30. The number of hydrogen-bond donors (Lipinski definition) is 0. The largest absolute Gasteiger partial charge is 0.493 e. The molecule has 2 aromatic rings. The summed E-state index contributed by atoms with van der Waals surface area (Å²) in [4.78, 5) is 31.9. The topological polar surface area (TPSA) is 59.1 Å². The highest BCUT2D eigenvalue weighted by Gasteiger charge is 2.45. The molecule has 0 bridgehead atoms. The van der Waals surface area contributed by atoms with E-state index in [1.807, 2.05) is 28.5 Å². The molecule has 6 nitrogen and oxygen atoms in total. The fourth-order valence-electron chi connectivity index (χ4n) is 4.72. The number of fused-ring (bicyclic) bond motifs is 1. The molecule has 4 rings (SSSR count). The SMILES string of the molecule is COc1cc2c(cc1OC)[C@H](C(=O)N1CCC[C@H](C)C1)[C@@H](c1cccs1)N(C)C2=O. The van der Waals surface area contributed by atoms with E-state index < -0.39 is 5.92 Å². The lowest BCUT2D eigenvalue weighted by Crippen LogP contribution is -2.48. The van der Waals surface area contributed by atoms with E-state index in [2.05, 4.69) is 6.92 Å². The van der Waals surface area contributed by atoms with Crippen molar-refractivity contribution in [1.82, 2.24) is 9.80 Å². The summed E-state index contributed by atoms with van der Waals surface area (Å²) in [7, 11) is 4.90. The summed E-state index contributed by atoms with van der Waals surface area (Å²) in [5, 5.41) is 1.99. The van der Waals surface area contributed by atoms with Gasteiger partial charge in [-0.3, -0.25) is 9.59 Å². The zero-order valence-electron chi connectivity index (χ0n) is 17.9. The molecule has 2 amide bonds. The van der Waals surface area contributed by atoms with Gasteiger partial charge in [-0.25, -0.2) is 0 Å². The van der Waals surface area contributed by atoms with Crippen LogP contribution in [0.1, 0.15) is 52.5 Å². The van der Waals surface area contributed by atoms with Gasteiger partial charge in [0.25, 0.3) is 5.91 Å². The zero-order chi connectivity index (χ0) is 21.4. The molecular weight excluding hydrogens is 400 g/mol. The number of rotatable bonds is 4. The maximum Gasteiger partial charge on any atom is 0.254 e. The second-order valence-corrected chi connectivity index (χ2v) is 9.16. The molecule has 7 heteroatoms. The molecule has 0 spiro atoms. The number of amides is 2. The van der Waals surface area contributed by atoms with Crippen LogP contribution in [0.5, 0.6) is 11.5 Å². The number of carbonyl (C=O) groups is 2. The maximum absolute atomic E-state index is 13.9. The van der Waals surface area contributed by atoms with Crippen LogP contribution in [0.4, 0.5) is 0 Å². The number of nitrogens with zero attached hydrogens (tertiary/aromatic N) is 2. The van der Waals surface area contributed by atoms with E-state index in [1.165, 1.54) is 0 Å². The smallest absolute Gasteiger partial charge is 0.254 e. The van der Waals surface area contributed by atoms with Crippen molar-refractivity contribution in [2.24, 2.45) is 5.92 Å². The lowest BCUT2D eigenvalue weighted by Gasteiger charge is -2.42. The Bertz CT molecular complexity index is 943. The van der Waals surface area contributed by atoms with Crippen LogP contribution in [0.25, 0.3) is 0 Å². The van der Waals surface area contributed by atoms with Crippen molar-refractivity contribution < 1.29 is 19.1 Å². The molecule has 0 N–H and O–H groups in total. The molecule has 0 unspecified atom stereocenters. The summed E-state index contributed by atoms with van der Waals surface area (Å²) in [6.45, 7) is 3.71. The van der Waals surface area contributed by atoms with Crippen molar-refractivity contribution in [1.29, 1.82) is 0 Å². The zero-order valence-corrected chi connectivity index (χ0v) is 18.7. The van der Waals surface area contributed by atoms with Crippen LogP contribution >= 0.6 is 11.3 Å². The number of likely N-dealkylation sites (N-methyl/N-ethyl adjacent to an activating group) is 1. The van der Waals surface area contributed by atoms with E-state index in [1.54, 1.807) is 43.6 Å². The number of benzene rings is 1. The Morgan fingerprint density at radius 2 is 1.93 bits per heavy atom. The first-order valence-corrected chi connectivity index (χ1v) is 11.2. The second-order valence-electron chi connectivity index (χ2n) is 8.18. The number of carbonyl (C=O) groups excluding carboxylic acids is 2. The predicted molar refractivity (Wildman–Crippen MR) is 116 cm³/mol. The quantitative estimate of drug-likeness (QED) is 0.740. The molecule has 2 aliphatic heterocycles. The first-order valence-electron chi connectivity index (χ1n) is 10.3. The Morgan fingerprint density at radius 1 is 1.20 bits per heavy atom. The average Bonchev–Trinajstić information content (AvgIpc) is 3.29. The van der Waals surface area contributed by atoms with Gasteiger partial charge in [0, 0.05) is 30.6 Å². The van der Waals surface area contributed by atoms with Crippen LogP contribution in [0, 0.1) is 5.92 Å². The van der Waals surface area contributed by atoms with Crippen molar-refractivity contribution in [3.63, 3.8) is 0 Å². The van der Waals surface area contributed by atoms with Crippen molar-refractivity contribution in [2.75, 3.05) is 34.4 Å². The average molecular weight is 429 g/mol. The highest BCUT2D eigenvalue weighted by Crippen LogP contribution is 2.47. The van der Waals surface area contributed by atoms with Gasteiger partial charge in [0.1, 0.15) is 0 Å². The number of methoxy groups -OCH3 is 2. The van der Waals surface area contributed by atoms with Gasteiger partial charge >= 0.3 is 0 Å². The third kappa shape index (κ3) is 3.45. The highest BCUT2D eigenvalue weighted by atomic mass is 32.1. The van der Waals surface area contributed by atoms with Gasteiger partial charge in [0.15, 0.2) is 11.5 Å². The van der Waals surface area contributed by atoms with Gasteiger partial charge in [-0.05, 0) is 47.9 Å². The Hall–Kier alpha value is -2.54. The molecule has 0 radical (unpaired) electrons. The number of piperidine rings is 1. The predicted octanol–water partition coefficient (Wildman–Crippen LogP) is 3.93. The summed E-state index contributed by atoms with van der Waals surface area (Å²) in [6, 6.07) is 7.15. The number of ether oxygens (including phenoxy) is 2. The van der Waals surface area contributed by atoms with Gasteiger partial charge in [0.05, 0.1) is 26.2 Å². The molecule has 2 aliphatic rings.